The van der Waals surface area contributed by atoms with Crippen LogP contribution in [-0.2, 0) is 4.79 Å². The van der Waals surface area contributed by atoms with Crippen molar-refractivity contribution >= 4 is 16.9 Å². The maximum Gasteiger partial charge on any atom is 0.214 e. The number of allylic oxidation sites excluding steroid dienone is 2. The van der Waals surface area contributed by atoms with E-state index in [0.717, 1.165) is 30.6 Å². The number of hydrogen-bond acceptors (Lipinski definition) is 2. The van der Waals surface area contributed by atoms with Gasteiger partial charge < -0.3 is 0 Å². The Balaban J connectivity index is 2.52. The van der Waals surface area contributed by atoms with Crippen molar-refractivity contribution in [3.8, 4) is 0 Å². The molecule has 0 N–H and O–H groups in total. The second-order valence-electron chi connectivity index (χ2n) is 3.77. The van der Waals surface area contributed by atoms with Gasteiger partial charge in [-0.1, -0.05) is 36.9 Å². The molecule has 0 heterocycles. The summed E-state index contributed by atoms with van der Waals surface area (Å²) in [5.74, 6) is 1.47. The summed E-state index contributed by atoms with van der Waals surface area (Å²) in [5.41, 5.74) is 2.27. The van der Waals surface area contributed by atoms with Gasteiger partial charge in [-0.2, -0.15) is 0 Å². The van der Waals surface area contributed by atoms with E-state index in [2.05, 4.69) is 19.6 Å². The summed E-state index contributed by atoms with van der Waals surface area (Å²) in [4.78, 5) is 11.5. The second-order valence-corrected chi connectivity index (χ2v) is 5.00. The van der Waals surface area contributed by atoms with Gasteiger partial charge in [-0.25, -0.2) is 0 Å². The first-order valence-electron chi connectivity index (χ1n) is 5.16. The maximum absolute atomic E-state index is 11.5. The van der Waals surface area contributed by atoms with E-state index in [1.165, 1.54) is 17.3 Å². The zero-order valence-electron chi connectivity index (χ0n) is 9.01. The monoisotopic (exact) mass is 210 g/mol. The zero-order valence-corrected chi connectivity index (χ0v) is 9.82. The van der Waals surface area contributed by atoms with Crippen LogP contribution in [0.5, 0.6) is 0 Å². The number of carbonyl (C=O) groups excluding carboxylic acids is 1. The Bertz CT molecular complexity index is 265. The summed E-state index contributed by atoms with van der Waals surface area (Å²) in [7, 11) is 0. The maximum atomic E-state index is 11.5. The Labute approximate surface area is 90.7 Å². The predicted octanol–water partition coefficient (Wildman–Crippen LogP) is 3.57. The molecular weight excluding hydrogens is 192 g/mol. The van der Waals surface area contributed by atoms with Gasteiger partial charge in [-0.05, 0) is 37.9 Å². The molecule has 1 aliphatic rings. The van der Waals surface area contributed by atoms with Crippen LogP contribution in [0.4, 0.5) is 0 Å². The number of carbonyl (C=O) groups is 1. The molecule has 0 aromatic carbocycles. The van der Waals surface area contributed by atoms with Crippen molar-refractivity contribution in [3.63, 3.8) is 0 Å². The van der Waals surface area contributed by atoms with Gasteiger partial charge in [0.05, 0.1) is 0 Å². The SMILES string of the molecule is C=C(C)[C@@H]1CC=C(C(=O)SCC)CC1. The smallest absolute Gasteiger partial charge is 0.214 e. The first-order valence-corrected chi connectivity index (χ1v) is 6.15. The van der Waals surface area contributed by atoms with Crippen molar-refractivity contribution in [1.29, 1.82) is 0 Å². The second kappa shape index (κ2) is 5.40. The molecule has 0 fully saturated rings. The first kappa shape index (κ1) is 11.6. The van der Waals surface area contributed by atoms with Gasteiger partial charge >= 0.3 is 0 Å². The predicted molar refractivity (Wildman–Crippen MR) is 63.4 cm³/mol. The highest BCUT2D eigenvalue weighted by Gasteiger charge is 2.18. The lowest BCUT2D eigenvalue weighted by molar-refractivity contribution is -0.108. The minimum atomic E-state index is 0.271. The van der Waals surface area contributed by atoms with E-state index in [1.807, 2.05) is 6.92 Å². The Hall–Kier alpha value is -0.500. The summed E-state index contributed by atoms with van der Waals surface area (Å²) in [6.45, 7) is 8.06. The standard InChI is InChI=1S/C12H18OS/c1-4-14-12(13)11-7-5-10(6-8-11)9(2)3/h7,10H,2,4-6,8H2,1,3H3/t10-/m1/s1. The number of thioether (sulfide) groups is 1. The van der Waals surface area contributed by atoms with Gasteiger partial charge in [0.25, 0.3) is 0 Å². The molecule has 0 saturated carbocycles. The molecule has 0 aliphatic heterocycles. The molecular formula is C12H18OS. The van der Waals surface area contributed by atoms with E-state index in [4.69, 9.17) is 0 Å². The van der Waals surface area contributed by atoms with Crippen molar-refractivity contribution in [2.75, 3.05) is 5.75 Å². The molecule has 0 aromatic heterocycles. The van der Waals surface area contributed by atoms with Crippen LogP contribution >= 0.6 is 11.8 Å². The molecule has 0 aromatic rings. The largest absolute Gasteiger partial charge is 0.282 e. The molecule has 2 heteroatoms. The van der Waals surface area contributed by atoms with E-state index in [1.54, 1.807) is 0 Å². The van der Waals surface area contributed by atoms with Crippen LogP contribution in [0.2, 0.25) is 0 Å². The normalized spacial score (nSPS) is 21.6. The highest BCUT2D eigenvalue weighted by atomic mass is 32.2. The van der Waals surface area contributed by atoms with Gasteiger partial charge in [0, 0.05) is 5.57 Å². The highest BCUT2D eigenvalue weighted by Crippen LogP contribution is 2.30. The van der Waals surface area contributed by atoms with Crippen LogP contribution in [-0.4, -0.2) is 10.9 Å². The van der Waals surface area contributed by atoms with Crippen LogP contribution in [0, 0.1) is 5.92 Å². The molecule has 1 nitrogen and oxygen atoms in total. The lowest BCUT2D eigenvalue weighted by Crippen LogP contribution is -2.10. The molecule has 0 bridgehead atoms. The average Bonchev–Trinajstić information content (AvgIpc) is 2.18. The fourth-order valence-electron chi connectivity index (χ4n) is 1.69. The minimum Gasteiger partial charge on any atom is -0.282 e. The Morgan fingerprint density at radius 1 is 1.71 bits per heavy atom. The first-order chi connectivity index (χ1) is 6.65. The summed E-state index contributed by atoms with van der Waals surface area (Å²) >= 11 is 1.42. The number of hydrogen-bond donors (Lipinski definition) is 0. The van der Waals surface area contributed by atoms with Gasteiger partial charge in [-0.3, -0.25) is 4.79 Å². The van der Waals surface area contributed by atoms with Crippen molar-refractivity contribution in [2.45, 2.75) is 33.1 Å². The molecule has 0 amide bonds. The highest BCUT2D eigenvalue weighted by molar-refractivity contribution is 8.14. The molecule has 0 saturated heterocycles. The summed E-state index contributed by atoms with van der Waals surface area (Å²) in [5, 5.41) is 0.271. The molecule has 1 atom stereocenters. The van der Waals surface area contributed by atoms with E-state index in [9.17, 15) is 4.79 Å². The third kappa shape index (κ3) is 3.02. The topological polar surface area (TPSA) is 17.1 Å². The molecule has 0 unspecified atom stereocenters. The van der Waals surface area contributed by atoms with Crippen molar-refractivity contribution < 1.29 is 4.79 Å². The van der Waals surface area contributed by atoms with Crippen LogP contribution in [0.1, 0.15) is 33.1 Å². The van der Waals surface area contributed by atoms with E-state index < -0.39 is 0 Å². The lowest BCUT2D eigenvalue weighted by atomic mass is 9.86. The van der Waals surface area contributed by atoms with Gasteiger partial charge in [0.2, 0.25) is 5.12 Å². The van der Waals surface area contributed by atoms with E-state index >= 15 is 0 Å². The van der Waals surface area contributed by atoms with E-state index in [-0.39, 0.29) is 5.12 Å². The van der Waals surface area contributed by atoms with Crippen LogP contribution in [0.3, 0.4) is 0 Å². The molecule has 78 valence electrons. The van der Waals surface area contributed by atoms with Crippen molar-refractivity contribution in [1.82, 2.24) is 0 Å². The van der Waals surface area contributed by atoms with Crippen LogP contribution in [0.15, 0.2) is 23.8 Å². The van der Waals surface area contributed by atoms with Crippen LogP contribution in [0.25, 0.3) is 0 Å². The fraction of sp³-hybridized carbons (Fsp3) is 0.583. The molecule has 0 radical (unpaired) electrons. The molecule has 1 aliphatic carbocycles. The zero-order chi connectivity index (χ0) is 10.6. The quantitative estimate of drug-likeness (QED) is 0.662. The summed E-state index contributed by atoms with van der Waals surface area (Å²) in [6, 6.07) is 0. The minimum absolute atomic E-state index is 0.271. The van der Waals surface area contributed by atoms with Gasteiger partial charge in [-0.15, -0.1) is 0 Å². The number of rotatable bonds is 3. The Morgan fingerprint density at radius 3 is 2.86 bits per heavy atom. The average molecular weight is 210 g/mol. The van der Waals surface area contributed by atoms with E-state index in [0.29, 0.717) is 5.92 Å². The Kier molecular flexibility index (Phi) is 4.46. The van der Waals surface area contributed by atoms with Gasteiger partial charge in [0.15, 0.2) is 0 Å². The fourth-order valence-corrected chi connectivity index (χ4v) is 2.32. The van der Waals surface area contributed by atoms with Crippen molar-refractivity contribution in [3.05, 3.63) is 23.8 Å². The molecule has 14 heavy (non-hydrogen) atoms. The van der Waals surface area contributed by atoms with Crippen molar-refractivity contribution in [2.24, 2.45) is 5.92 Å². The molecule has 0 spiro atoms. The third-order valence-electron chi connectivity index (χ3n) is 2.65. The lowest BCUT2D eigenvalue weighted by Gasteiger charge is -2.21. The summed E-state index contributed by atoms with van der Waals surface area (Å²) < 4.78 is 0. The summed E-state index contributed by atoms with van der Waals surface area (Å²) in [6.07, 6.45) is 5.13. The van der Waals surface area contributed by atoms with Gasteiger partial charge in [0.1, 0.15) is 0 Å². The van der Waals surface area contributed by atoms with Crippen LogP contribution < -0.4 is 0 Å². The Morgan fingerprint density at radius 2 is 2.43 bits per heavy atom. The third-order valence-corrected chi connectivity index (χ3v) is 3.46. The molecule has 1 rings (SSSR count).